The lowest BCUT2D eigenvalue weighted by atomic mass is 10.1. The van der Waals surface area contributed by atoms with Crippen molar-refractivity contribution >= 4 is 17.5 Å². The summed E-state index contributed by atoms with van der Waals surface area (Å²) < 4.78 is 10.3. The highest BCUT2D eigenvalue weighted by Crippen LogP contribution is 2.21. The number of hydrogen-bond donors (Lipinski definition) is 0. The van der Waals surface area contributed by atoms with E-state index in [1.54, 1.807) is 50.6 Å². The maximum atomic E-state index is 12.3. The Labute approximate surface area is 139 Å². The molecule has 0 heterocycles. The molecule has 0 unspecified atom stereocenters. The molecule has 0 radical (unpaired) electrons. The van der Waals surface area contributed by atoms with Crippen molar-refractivity contribution in [2.75, 3.05) is 14.2 Å². The van der Waals surface area contributed by atoms with Gasteiger partial charge in [0.1, 0.15) is 5.75 Å². The molecule has 0 spiro atoms. The van der Waals surface area contributed by atoms with E-state index in [0.717, 1.165) is 5.56 Å². The maximum Gasteiger partial charge on any atom is 0.270 e. The Morgan fingerprint density at radius 3 is 2.67 bits per heavy atom. The summed E-state index contributed by atoms with van der Waals surface area (Å²) in [6, 6.07) is 11.2. The molecule has 0 bridgehead atoms. The second kappa shape index (κ2) is 8.03. The quantitative estimate of drug-likeness (QED) is 0.336. The molecule has 2 rings (SSSR count). The summed E-state index contributed by atoms with van der Waals surface area (Å²) in [6.07, 6.45) is 2.94. The van der Waals surface area contributed by atoms with E-state index in [1.807, 2.05) is 0 Å². The molecule has 6 heteroatoms. The van der Waals surface area contributed by atoms with Gasteiger partial charge in [0.2, 0.25) is 0 Å². The van der Waals surface area contributed by atoms with Gasteiger partial charge in [-0.2, -0.15) is 0 Å². The summed E-state index contributed by atoms with van der Waals surface area (Å²) in [6.45, 7) is 0.332. The predicted molar refractivity (Wildman–Crippen MR) is 90.2 cm³/mol. The van der Waals surface area contributed by atoms with Crippen molar-refractivity contribution in [3.63, 3.8) is 0 Å². The Morgan fingerprint density at radius 2 is 2.00 bits per heavy atom. The van der Waals surface area contributed by atoms with E-state index in [1.165, 1.54) is 18.2 Å². The van der Waals surface area contributed by atoms with Crippen molar-refractivity contribution in [3.8, 4) is 5.75 Å². The van der Waals surface area contributed by atoms with Crippen molar-refractivity contribution < 1.29 is 19.2 Å². The number of ether oxygens (including phenoxy) is 2. The monoisotopic (exact) mass is 327 g/mol. The van der Waals surface area contributed by atoms with Gasteiger partial charge in [-0.3, -0.25) is 14.9 Å². The highest BCUT2D eigenvalue weighted by molar-refractivity contribution is 6.07. The smallest absolute Gasteiger partial charge is 0.270 e. The van der Waals surface area contributed by atoms with Crippen LogP contribution in [-0.2, 0) is 11.3 Å². The number of non-ortho nitro benzene ring substituents is 1. The van der Waals surface area contributed by atoms with Crippen LogP contribution in [0.25, 0.3) is 6.08 Å². The standard InChI is InChI=1S/C18H17NO5/c1-23-12-15-11-14(7-9-18(15)24-2)17(20)8-6-13-4-3-5-16(10-13)19(21)22/h3-11H,12H2,1-2H3/b8-6+. The lowest BCUT2D eigenvalue weighted by molar-refractivity contribution is -0.384. The van der Waals surface area contributed by atoms with Gasteiger partial charge in [-0.1, -0.05) is 18.2 Å². The molecule has 6 nitrogen and oxygen atoms in total. The predicted octanol–water partition coefficient (Wildman–Crippen LogP) is 3.65. The number of nitro groups is 1. The third-order valence-corrected chi connectivity index (χ3v) is 3.37. The summed E-state index contributed by atoms with van der Waals surface area (Å²) in [7, 11) is 3.12. The van der Waals surface area contributed by atoms with Gasteiger partial charge in [0, 0.05) is 30.4 Å². The normalized spacial score (nSPS) is 10.8. The van der Waals surface area contributed by atoms with Crippen molar-refractivity contribution in [2.24, 2.45) is 0 Å². The number of ketones is 1. The molecule has 0 N–H and O–H groups in total. The lowest BCUT2D eigenvalue weighted by Crippen LogP contribution is -1.99. The van der Waals surface area contributed by atoms with Crippen LogP contribution < -0.4 is 4.74 Å². The first kappa shape index (κ1) is 17.4. The molecule has 0 atom stereocenters. The van der Waals surface area contributed by atoms with E-state index >= 15 is 0 Å². The van der Waals surface area contributed by atoms with E-state index in [0.29, 0.717) is 23.5 Å². The highest BCUT2D eigenvalue weighted by Gasteiger charge is 2.09. The van der Waals surface area contributed by atoms with Crippen LogP contribution in [0.5, 0.6) is 5.75 Å². The number of nitrogens with zero attached hydrogens (tertiary/aromatic N) is 1. The maximum absolute atomic E-state index is 12.3. The number of carbonyl (C=O) groups excluding carboxylic acids is 1. The first-order valence-corrected chi connectivity index (χ1v) is 7.18. The molecule has 124 valence electrons. The molecule has 0 fully saturated rings. The molecule has 0 aliphatic rings. The molecule has 2 aromatic rings. The average Bonchev–Trinajstić information content (AvgIpc) is 2.60. The van der Waals surface area contributed by atoms with Crippen LogP contribution in [-0.4, -0.2) is 24.9 Å². The third kappa shape index (κ3) is 4.27. The lowest BCUT2D eigenvalue weighted by Gasteiger charge is -2.08. The van der Waals surface area contributed by atoms with E-state index in [4.69, 9.17) is 9.47 Å². The Kier molecular flexibility index (Phi) is 5.81. The fourth-order valence-corrected chi connectivity index (χ4v) is 2.21. The van der Waals surface area contributed by atoms with Crippen LogP contribution in [0.1, 0.15) is 21.5 Å². The number of rotatable bonds is 7. The highest BCUT2D eigenvalue weighted by atomic mass is 16.6. The van der Waals surface area contributed by atoms with Crippen LogP contribution in [0.15, 0.2) is 48.5 Å². The topological polar surface area (TPSA) is 78.7 Å². The third-order valence-electron chi connectivity index (χ3n) is 3.37. The summed E-state index contributed by atoms with van der Waals surface area (Å²) in [5, 5.41) is 10.8. The molecule has 2 aromatic carbocycles. The van der Waals surface area contributed by atoms with Gasteiger partial charge in [-0.25, -0.2) is 0 Å². The molecule has 0 aromatic heterocycles. The Morgan fingerprint density at radius 1 is 1.21 bits per heavy atom. The van der Waals surface area contributed by atoms with E-state index in [9.17, 15) is 14.9 Å². The van der Waals surface area contributed by atoms with Gasteiger partial charge in [0.15, 0.2) is 5.78 Å². The van der Waals surface area contributed by atoms with Crippen molar-refractivity contribution in [1.82, 2.24) is 0 Å². The van der Waals surface area contributed by atoms with Crippen LogP contribution in [0, 0.1) is 10.1 Å². The minimum Gasteiger partial charge on any atom is -0.496 e. The molecular weight excluding hydrogens is 310 g/mol. The van der Waals surface area contributed by atoms with Gasteiger partial charge in [0.05, 0.1) is 18.6 Å². The summed E-state index contributed by atoms with van der Waals surface area (Å²) in [4.78, 5) is 22.6. The molecule has 0 aliphatic carbocycles. The summed E-state index contributed by atoms with van der Waals surface area (Å²) in [5.41, 5.74) is 1.83. The Bertz CT molecular complexity index is 783. The van der Waals surface area contributed by atoms with Crippen molar-refractivity contribution in [2.45, 2.75) is 6.61 Å². The van der Waals surface area contributed by atoms with Gasteiger partial charge < -0.3 is 9.47 Å². The van der Waals surface area contributed by atoms with E-state index < -0.39 is 4.92 Å². The van der Waals surface area contributed by atoms with Gasteiger partial charge >= 0.3 is 0 Å². The minimum atomic E-state index is -0.473. The number of methoxy groups -OCH3 is 2. The second-order valence-electron chi connectivity index (χ2n) is 5.01. The van der Waals surface area contributed by atoms with Crippen LogP contribution in [0.3, 0.4) is 0 Å². The van der Waals surface area contributed by atoms with Crippen LogP contribution >= 0.6 is 0 Å². The zero-order chi connectivity index (χ0) is 17.5. The number of nitro benzene ring substituents is 1. The largest absolute Gasteiger partial charge is 0.496 e. The zero-order valence-electron chi connectivity index (χ0n) is 13.4. The fraction of sp³-hybridized carbons (Fsp3) is 0.167. The number of hydrogen-bond acceptors (Lipinski definition) is 5. The fourth-order valence-electron chi connectivity index (χ4n) is 2.21. The zero-order valence-corrected chi connectivity index (χ0v) is 13.4. The van der Waals surface area contributed by atoms with Crippen LogP contribution in [0.4, 0.5) is 5.69 Å². The van der Waals surface area contributed by atoms with E-state index in [-0.39, 0.29) is 11.5 Å². The van der Waals surface area contributed by atoms with Crippen molar-refractivity contribution in [3.05, 3.63) is 75.3 Å². The average molecular weight is 327 g/mol. The van der Waals surface area contributed by atoms with Crippen LogP contribution in [0.2, 0.25) is 0 Å². The number of carbonyl (C=O) groups is 1. The summed E-state index contributed by atoms with van der Waals surface area (Å²) >= 11 is 0. The minimum absolute atomic E-state index is 0.0172. The van der Waals surface area contributed by atoms with Gasteiger partial charge in [0.25, 0.3) is 5.69 Å². The number of allylic oxidation sites excluding steroid dienone is 1. The second-order valence-corrected chi connectivity index (χ2v) is 5.01. The summed E-state index contributed by atoms with van der Waals surface area (Å²) in [5.74, 6) is 0.442. The Balaban J connectivity index is 2.21. The molecule has 0 saturated carbocycles. The van der Waals surface area contributed by atoms with Crippen molar-refractivity contribution in [1.29, 1.82) is 0 Å². The number of benzene rings is 2. The molecular formula is C18H17NO5. The van der Waals surface area contributed by atoms with Gasteiger partial charge in [-0.15, -0.1) is 0 Å². The van der Waals surface area contributed by atoms with E-state index in [2.05, 4.69) is 0 Å². The first-order valence-electron chi connectivity index (χ1n) is 7.18. The molecule has 0 saturated heterocycles. The van der Waals surface area contributed by atoms with Gasteiger partial charge in [-0.05, 0) is 29.8 Å². The first-order chi connectivity index (χ1) is 11.5. The molecule has 0 aliphatic heterocycles. The Hall–Kier alpha value is -2.99. The molecule has 0 amide bonds. The molecule has 24 heavy (non-hydrogen) atoms. The SMILES string of the molecule is COCc1cc(C(=O)/C=C/c2cccc([N+](=O)[O-])c2)ccc1OC.